The maximum Gasteiger partial charge on any atom is 0.335 e. The van der Waals surface area contributed by atoms with Gasteiger partial charge in [0.25, 0.3) is 0 Å². The first-order chi connectivity index (χ1) is 9.70. The first kappa shape index (κ1) is 11.6. The lowest BCUT2D eigenvalue weighted by Gasteiger charge is -1.91. The quantitative estimate of drug-likeness (QED) is 0.593. The summed E-state index contributed by atoms with van der Waals surface area (Å²) in [7, 11) is 0. The number of carboxylic acid groups (broad SMARTS) is 1. The van der Waals surface area contributed by atoms with Crippen LogP contribution >= 0.6 is 22.7 Å². The predicted molar refractivity (Wildman–Crippen MR) is 79.7 cm³/mol. The van der Waals surface area contributed by atoms with E-state index in [1.807, 2.05) is 6.07 Å². The summed E-state index contributed by atoms with van der Waals surface area (Å²) in [5, 5.41) is 11.0. The molecular weight excluding hydrogens is 294 g/mol. The number of carboxylic acids is 1. The summed E-state index contributed by atoms with van der Waals surface area (Å²) < 4.78 is 8.10. The minimum absolute atomic E-state index is 0.201. The molecule has 0 fully saturated rings. The minimum Gasteiger partial charge on any atom is -0.478 e. The lowest BCUT2D eigenvalue weighted by atomic mass is 10.2. The molecule has 0 atom stereocenters. The Morgan fingerprint density at radius 1 is 1.20 bits per heavy atom. The van der Waals surface area contributed by atoms with Crippen LogP contribution in [0.2, 0.25) is 0 Å². The second-order valence-electron chi connectivity index (χ2n) is 4.27. The molecule has 0 saturated carbocycles. The van der Waals surface area contributed by atoms with E-state index < -0.39 is 5.97 Å². The summed E-state index contributed by atoms with van der Waals surface area (Å²) in [6.45, 7) is 0. The van der Waals surface area contributed by atoms with Crippen LogP contribution in [0.1, 0.15) is 10.4 Å². The number of nitrogens with zero attached hydrogens (tertiary/aromatic N) is 1. The monoisotopic (exact) mass is 301 g/mol. The largest absolute Gasteiger partial charge is 0.478 e. The van der Waals surface area contributed by atoms with E-state index in [1.54, 1.807) is 28.7 Å². The fourth-order valence-corrected chi connectivity index (χ4v) is 4.07. The summed E-state index contributed by atoms with van der Waals surface area (Å²) in [5.74, 6) is -0.433. The van der Waals surface area contributed by atoms with Gasteiger partial charge in [0.05, 0.1) is 10.4 Å². The van der Waals surface area contributed by atoms with Crippen LogP contribution in [0.5, 0.6) is 0 Å². The smallest absolute Gasteiger partial charge is 0.335 e. The third-order valence-corrected chi connectivity index (χ3v) is 5.07. The maximum atomic E-state index is 10.9. The number of carbonyl (C=O) groups is 1. The van der Waals surface area contributed by atoms with Crippen molar-refractivity contribution >= 4 is 49.1 Å². The van der Waals surface area contributed by atoms with Gasteiger partial charge >= 0.3 is 5.97 Å². The Morgan fingerprint density at radius 2 is 2.10 bits per heavy atom. The lowest BCUT2D eigenvalue weighted by molar-refractivity contribution is 0.0697. The summed E-state index contributed by atoms with van der Waals surface area (Å²) in [5.41, 5.74) is 1.37. The molecule has 0 spiro atoms. The normalized spacial score (nSPS) is 11.4. The molecule has 98 valence electrons. The standard InChI is InChI=1S/C14H7NO3S2/c16-14(17)7-1-2-8-9(5-7)18-13(15-8)12-6-11-10(20-12)3-4-19-11/h1-6H,(H,16,17). The van der Waals surface area contributed by atoms with Gasteiger partial charge in [0.2, 0.25) is 5.89 Å². The van der Waals surface area contributed by atoms with Gasteiger partial charge in [-0.25, -0.2) is 9.78 Å². The van der Waals surface area contributed by atoms with E-state index >= 15 is 0 Å². The van der Waals surface area contributed by atoms with Crippen LogP contribution in [0, 0.1) is 0 Å². The van der Waals surface area contributed by atoms with Crippen molar-refractivity contribution < 1.29 is 14.3 Å². The van der Waals surface area contributed by atoms with Crippen molar-refractivity contribution in [2.45, 2.75) is 0 Å². The molecule has 0 amide bonds. The highest BCUT2D eigenvalue weighted by atomic mass is 32.1. The molecule has 0 bridgehead atoms. The van der Waals surface area contributed by atoms with E-state index in [0.717, 1.165) is 4.88 Å². The van der Waals surface area contributed by atoms with Crippen molar-refractivity contribution in [1.82, 2.24) is 4.98 Å². The number of hydrogen-bond donors (Lipinski definition) is 1. The van der Waals surface area contributed by atoms with Crippen LogP contribution in [-0.4, -0.2) is 16.1 Å². The van der Waals surface area contributed by atoms with Crippen molar-refractivity contribution in [2.75, 3.05) is 0 Å². The van der Waals surface area contributed by atoms with Gasteiger partial charge in [-0.05, 0) is 35.7 Å². The summed E-state index contributed by atoms with van der Waals surface area (Å²) >= 11 is 3.30. The van der Waals surface area contributed by atoms with Gasteiger partial charge in [-0.2, -0.15) is 0 Å². The van der Waals surface area contributed by atoms with Crippen LogP contribution in [0.15, 0.2) is 40.1 Å². The summed E-state index contributed by atoms with van der Waals surface area (Å²) in [6, 6.07) is 8.82. The van der Waals surface area contributed by atoms with Gasteiger partial charge in [-0.15, -0.1) is 22.7 Å². The Hall–Kier alpha value is -2.18. The predicted octanol–water partition coefficient (Wildman–Crippen LogP) is 4.47. The van der Waals surface area contributed by atoms with E-state index in [9.17, 15) is 4.79 Å². The van der Waals surface area contributed by atoms with E-state index in [-0.39, 0.29) is 5.56 Å². The van der Waals surface area contributed by atoms with Crippen LogP contribution in [0.4, 0.5) is 0 Å². The minimum atomic E-state index is -0.971. The number of thiophene rings is 2. The average Bonchev–Trinajstić information content (AvgIpc) is 3.10. The maximum absolute atomic E-state index is 10.9. The van der Waals surface area contributed by atoms with E-state index in [1.165, 1.54) is 21.5 Å². The Kier molecular flexibility index (Phi) is 2.42. The molecule has 0 radical (unpaired) electrons. The number of fused-ring (bicyclic) bond motifs is 2. The van der Waals surface area contributed by atoms with Gasteiger partial charge in [-0.3, -0.25) is 0 Å². The highest BCUT2D eigenvalue weighted by Gasteiger charge is 2.13. The first-order valence-corrected chi connectivity index (χ1v) is 7.51. The molecule has 20 heavy (non-hydrogen) atoms. The second kappa shape index (κ2) is 4.16. The fourth-order valence-electron chi connectivity index (χ4n) is 2.03. The molecule has 0 saturated heterocycles. The summed E-state index contributed by atoms with van der Waals surface area (Å²) in [4.78, 5) is 16.3. The zero-order valence-corrected chi connectivity index (χ0v) is 11.6. The molecule has 6 heteroatoms. The Bertz CT molecular complexity index is 919. The number of aromatic carboxylic acids is 1. The third-order valence-electron chi connectivity index (χ3n) is 2.99. The average molecular weight is 301 g/mol. The van der Waals surface area contributed by atoms with Gasteiger partial charge in [0.1, 0.15) is 5.52 Å². The third kappa shape index (κ3) is 1.73. The Labute approximate surface area is 120 Å². The Balaban J connectivity index is 1.87. The molecule has 0 aliphatic heterocycles. The highest BCUT2D eigenvalue weighted by Crippen LogP contribution is 2.37. The van der Waals surface area contributed by atoms with Gasteiger partial charge in [0, 0.05) is 9.40 Å². The number of oxazole rings is 1. The van der Waals surface area contributed by atoms with Crippen molar-refractivity contribution in [3.05, 3.63) is 41.3 Å². The number of hydrogen-bond acceptors (Lipinski definition) is 5. The molecule has 3 heterocycles. The van der Waals surface area contributed by atoms with E-state index in [0.29, 0.717) is 17.0 Å². The van der Waals surface area contributed by atoms with Gasteiger partial charge in [0.15, 0.2) is 5.58 Å². The molecule has 4 aromatic rings. The SMILES string of the molecule is O=C(O)c1ccc2nc(-c3cc4sccc4s3)oc2c1. The van der Waals surface area contributed by atoms with Crippen LogP contribution in [-0.2, 0) is 0 Å². The van der Waals surface area contributed by atoms with Gasteiger partial charge in [-0.1, -0.05) is 0 Å². The number of benzene rings is 1. The zero-order chi connectivity index (χ0) is 13.7. The molecular formula is C14H7NO3S2. The topological polar surface area (TPSA) is 63.3 Å². The first-order valence-electron chi connectivity index (χ1n) is 5.82. The van der Waals surface area contributed by atoms with Gasteiger partial charge < -0.3 is 9.52 Å². The van der Waals surface area contributed by atoms with Crippen molar-refractivity contribution in [3.8, 4) is 10.8 Å². The molecule has 0 aliphatic rings. The zero-order valence-electron chi connectivity index (χ0n) is 9.99. The molecule has 1 aromatic carbocycles. The van der Waals surface area contributed by atoms with Crippen LogP contribution < -0.4 is 0 Å². The number of rotatable bonds is 2. The molecule has 0 unspecified atom stereocenters. The molecule has 4 rings (SSSR count). The summed E-state index contributed by atoms with van der Waals surface area (Å²) in [6.07, 6.45) is 0. The molecule has 1 N–H and O–H groups in total. The van der Waals surface area contributed by atoms with E-state index in [2.05, 4.69) is 16.4 Å². The fraction of sp³-hybridized carbons (Fsp3) is 0. The lowest BCUT2D eigenvalue weighted by Crippen LogP contribution is -1.94. The van der Waals surface area contributed by atoms with Crippen LogP contribution in [0.25, 0.3) is 31.3 Å². The number of aromatic nitrogens is 1. The highest BCUT2D eigenvalue weighted by molar-refractivity contribution is 7.28. The van der Waals surface area contributed by atoms with E-state index in [4.69, 9.17) is 9.52 Å². The molecule has 4 nitrogen and oxygen atoms in total. The van der Waals surface area contributed by atoms with Crippen LogP contribution in [0.3, 0.4) is 0 Å². The van der Waals surface area contributed by atoms with Crippen molar-refractivity contribution in [1.29, 1.82) is 0 Å². The molecule has 0 aliphatic carbocycles. The van der Waals surface area contributed by atoms with Crippen molar-refractivity contribution in [3.63, 3.8) is 0 Å². The Morgan fingerprint density at radius 3 is 2.90 bits per heavy atom. The second-order valence-corrected chi connectivity index (χ2v) is 6.30. The van der Waals surface area contributed by atoms with Crippen molar-refractivity contribution in [2.24, 2.45) is 0 Å². The molecule has 3 aromatic heterocycles.